The van der Waals surface area contributed by atoms with Crippen LogP contribution in [0.5, 0.6) is 0 Å². The Balaban J connectivity index is -0.000000602. The Hall–Kier alpha value is 1.84. The van der Waals surface area contributed by atoms with Gasteiger partial charge < -0.3 is 30.0 Å². The van der Waals surface area contributed by atoms with Crippen molar-refractivity contribution in [1.29, 1.82) is 0 Å². The van der Waals surface area contributed by atoms with Crippen LogP contribution < -0.4 is 10.2 Å². The first-order valence-electron chi connectivity index (χ1n) is 5.48. The molecule has 0 heterocycles. The fourth-order valence-corrected chi connectivity index (χ4v) is 1.46. The third-order valence-corrected chi connectivity index (χ3v) is 2.16. The molecule has 0 aliphatic rings. The normalized spacial score (nSPS) is 9.30. The molecule has 10 nitrogen and oxygen atoms in total. The third kappa shape index (κ3) is 21.8. The van der Waals surface area contributed by atoms with Crippen molar-refractivity contribution >= 4 is 150 Å². The molecule has 0 saturated heterocycles. The number of aliphatic carboxylic acids is 4. The standard InChI is InChI=1S/C10H16N2O8.2K.Mg/c13-7(14)3-11(4-8(15)16)1-2-12(5-9(17)18)6-10(19)20;;;/h1-6H2,(H,13,14)(H,15,16)(H,17,18)(H,19,20);;;/q;;;+2/p-2. The molecule has 116 valence electrons. The smallest absolute Gasteiger partial charge is 0.549 e. The van der Waals surface area contributed by atoms with Crippen molar-refractivity contribution in [3.05, 3.63) is 0 Å². The van der Waals surface area contributed by atoms with Gasteiger partial charge in [0.15, 0.2) is 0 Å². The zero-order chi connectivity index (χ0) is 15.7. The fourth-order valence-electron chi connectivity index (χ4n) is 1.46. The van der Waals surface area contributed by atoms with E-state index in [1.54, 1.807) is 0 Å². The second kappa shape index (κ2) is 18.6. The summed E-state index contributed by atoms with van der Waals surface area (Å²) in [5.41, 5.74) is 0. The average molecular weight is 393 g/mol. The number of carboxylic acids is 4. The molecule has 2 radical (unpaired) electrons. The summed E-state index contributed by atoms with van der Waals surface area (Å²) in [5, 5.41) is 38.0. The Labute approximate surface area is 233 Å². The maximum Gasteiger partial charge on any atom is 2.00 e. The first-order chi connectivity index (χ1) is 9.20. The fraction of sp³-hybridized carbons (Fsp3) is 0.600. The van der Waals surface area contributed by atoms with Crippen LogP contribution in [0, 0.1) is 0 Å². The van der Waals surface area contributed by atoms with Gasteiger partial charge in [0.1, 0.15) is 0 Å². The van der Waals surface area contributed by atoms with Gasteiger partial charge in [0, 0.05) is 129 Å². The van der Waals surface area contributed by atoms with Gasteiger partial charge >= 0.3 is 35.0 Å². The number of carboxylic acid groups (broad SMARTS) is 4. The number of carbonyl (C=O) groups excluding carboxylic acids is 2. The number of hydrogen-bond donors (Lipinski definition) is 2. The van der Waals surface area contributed by atoms with Crippen molar-refractivity contribution in [2.24, 2.45) is 0 Å². The van der Waals surface area contributed by atoms with Gasteiger partial charge in [0.05, 0.1) is 25.0 Å². The van der Waals surface area contributed by atoms with E-state index in [0.29, 0.717) is 0 Å². The van der Waals surface area contributed by atoms with E-state index in [4.69, 9.17) is 10.2 Å². The molecule has 0 spiro atoms. The average Bonchev–Trinajstić information content (AvgIpc) is 2.22. The SMILES string of the molecule is O=C([O-])CN(CCN(CC(=O)O)CC(=O)O)CC(=O)[O-].[K].[K].[Mg+2]. The Kier molecular flexibility index (Phi) is 26.3. The maximum absolute atomic E-state index is 10.5. The molecule has 0 aromatic heterocycles. The minimum atomic E-state index is -1.51. The minimum Gasteiger partial charge on any atom is -0.549 e. The molecular formula is C10H14K2MgN2O8. The molecule has 0 bridgehead atoms. The number of rotatable bonds is 11. The van der Waals surface area contributed by atoms with Crippen molar-refractivity contribution < 1.29 is 39.6 Å². The molecular weight excluding hydrogens is 379 g/mol. The van der Waals surface area contributed by atoms with E-state index in [-0.39, 0.29) is 139 Å². The van der Waals surface area contributed by atoms with Crippen LogP contribution in [-0.4, -0.2) is 209 Å². The van der Waals surface area contributed by atoms with Crippen LogP contribution in [0.3, 0.4) is 0 Å². The molecule has 0 unspecified atom stereocenters. The van der Waals surface area contributed by atoms with Crippen LogP contribution in [0.25, 0.3) is 0 Å². The molecule has 0 aromatic rings. The van der Waals surface area contributed by atoms with E-state index >= 15 is 0 Å². The minimum absolute atomic E-state index is 0. The Morgan fingerprint density at radius 1 is 0.696 bits per heavy atom. The van der Waals surface area contributed by atoms with Crippen LogP contribution in [0.4, 0.5) is 0 Å². The van der Waals surface area contributed by atoms with Crippen LogP contribution in [0.15, 0.2) is 0 Å². The van der Waals surface area contributed by atoms with Gasteiger partial charge in [-0.25, -0.2) is 0 Å². The predicted molar refractivity (Wildman–Crippen MR) is 75.4 cm³/mol. The number of carbonyl (C=O) groups is 4. The topological polar surface area (TPSA) is 161 Å². The van der Waals surface area contributed by atoms with Gasteiger partial charge in [-0.2, -0.15) is 0 Å². The summed E-state index contributed by atoms with van der Waals surface area (Å²) < 4.78 is 0. The van der Waals surface area contributed by atoms with Crippen LogP contribution >= 0.6 is 0 Å². The molecule has 13 heteroatoms. The summed E-state index contributed by atoms with van der Waals surface area (Å²) in [7, 11) is 0. The molecule has 0 fully saturated rings. The van der Waals surface area contributed by atoms with Crippen molar-refractivity contribution in [2.75, 3.05) is 39.3 Å². The summed E-state index contributed by atoms with van der Waals surface area (Å²) in [4.78, 5) is 43.9. The first kappa shape index (κ1) is 32.5. The van der Waals surface area contributed by atoms with E-state index in [2.05, 4.69) is 0 Å². The van der Waals surface area contributed by atoms with Crippen molar-refractivity contribution in [3.63, 3.8) is 0 Å². The third-order valence-electron chi connectivity index (χ3n) is 2.16. The Morgan fingerprint density at radius 2 is 0.957 bits per heavy atom. The largest absolute Gasteiger partial charge is 2.00 e. The Bertz CT molecular complexity index is 331. The molecule has 0 amide bonds. The molecule has 0 saturated carbocycles. The number of hydrogen-bond acceptors (Lipinski definition) is 8. The zero-order valence-electron chi connectivity index (χ0n) is 13.2. The summed E-state index contributed by atoms with van der Waals surface area (Å²) in [5.74, 6) is -5.52. The second-order valence-electron chi connectivity index (χ2n) is 3.95. The van der Waals surface area contributed by atoms with E-state index in [0.717, 1.165) is 9.80 Å². The van der Waals surface area contributed by atoms with Crippen LogP contribution in [0.1, 0.15) is 0 Å². The quantitative estimate of drug-likeness (QED) is 0.324. The summed E-state index contributed by atoms with van der Waals surface area (Å²) >= 11 is 0. The molecule has 0 atom stereocenters. The second-order valence-corrected chi connectivity index (χ2v) is 3.95. The van der Waals surface area contributed by atoms with E-state index in [1.807, 2.05) is 0 Å². The first-order valence-corrected chi connectivity index (χ1v) is 5.48. The van der Waals surface area contributed by atoms with Gasteiger partial charge in [0.25, 0.3) is 0 Å². The predicted octanol–water partition coefficient (Wildman–Crippen LogP) is -5.88. The molecule has 0 rings (SSSR count). The maximum atomic E-state index is 10.5. The van der Waals surface area contributed by atoms with Crippen LogP contribution in [0.2, 0.25) is 0 Å². The molecule has 2 N–H and O–H groups in total. The van der Waals surface area contributed by atoms with E-state index < -0.39 is 50.1 Å². The number of nitrogens with zero attached hydrogens (tertiary/aromatic N) is 2. The molecule has 0 aromatic carbocycles. The zero-order valence-corrected chi connectivity index (χ0v) is 20.8. The summed E-state index contributed by atoms with van der Waals surface area (Å²) in [6.07, 6.45) is 0. The van der Waals surface area contributed by atoms with Crippen molar-refractivity contribution in [1.82, 2.24) is 9.80 Å². The van der Waals surface area contributed by atoms with Gasteiger partial charge in [0.2, 0.25) is 0 Å². The van der Waals surface area contributed by atoms with Gasteiger partial charge in [-0.3, -0.25) is 19.4 Å². The molecule has 0 aliphatic heterocycles. The van der Waals surface area contributed by atoms with Gasteiger partial charge in [-0.1, -0.05) is 0 Å². The van der Waals surface area contributed by atoms with E-state index in [9.17, 15) is 29.4 Å². The van der Waals surface area contributed by atoms with Crippen LogP contribution in [-0.2, 0) is 19.2 Å². The molecule has 0 aliphatic carbocycles. The molecule has 23 heavy (non-hydrogen) atoms. The summed E-state index contributed by atoms with van der Waals surface area (Å²) in [6, 6.07) is 0. The Morgan fingerprint density at radius 3 is 1.17 bits per heavy atom. The van der Waals surface area contributed by atoms with Crippen molar-refractivity contribution in [2.45, 2.75) is 0 Å². The monoisotopic (exact) mass is 392 g/mol. The van der Waals surface area contributed by atoms with Gasteiger partial charge in [-0.05, 0) is 0 Å². The van der Waals surface area contributed by atoms with Gasteiger partial charge in [-0.15, -0.1) is 0 Å². The van der Waals surface area contributed by atoms with E-state index in [1.165, 1.54) is 0 Å². The summed E-state index contributed by atoms with van der Waals surface area (Å²) in [6.45, 7) is -2.75. The van der Waals surface area contributed by atoms with Crippen molar-refractivity contribution in [3.8, 4) is 0 Å².